The van der Waals surface area contributed by atoms with Gasteiger partial charge in [-0.05, 0) is 56.5 Å². The lowest BCUT2D eigenvalue weighted by molar-refractivity contribution is -0.113. The lowest BCUT2D eigenvalue weighted by atomic mass is 9.91. The summed E-state index contributed by atoms with van der Waals surface area (Å²) in [6.07, 6.45) is 0. The van der Waals surface area contributed by atoms with Crippen LogP contribution in [0.15, 0.2) is 30.3 Å². The Kier molecular flexibility index (Phi) is 7.37. The largest absolute Gasteiger partial charge is 0.328 e. The van der Waals surface area contributed by atoms with Crippen LogP contribution >= 0.6 is 19.6 Å². The molecular weight excluding hydrogens is 385 g/mol. The SMILES string of the molecule is CCO[PH](=O)c1ccc(C(=O)c2c(C)cc(C)c(NC(=O)CCl)c2C)cc1. The molecule has 1 atom stereocenters. The number of halogens is 1. The molecule has 27 heavy (non-hydrogen) atoms. The van der Waals surface area contributed by atoms with Gasteiger partial charge in [0.05, 0.1) is 6.61 Å². The van der Waals surface area contributed by atoms with Crippen LogP contribution < -0.4 is 10.6 Å². The Labute approximate surface area is 164 Å². The monoisotopic (exact) mass is 407 g/mol. The van der Waals surface area contributed by atoms with Crippen molar-refractivity contribution >= 4 is 42.3 Å². The molecule has 0 aliphatic heterocycles. The molecule has 144 valence electrons. The normalized spacial score (nSPS) is 11.9. The van der Waals surface area contributed by atoms with E-state index in [2.05, 4.69) is 5.32 Å². The van der Waals surface area contributed by atoms with Crippen LogP contribution in [0.2, 0.25) is 0 Å². The zero-order chi connectivity index (χ0) is 20.1. The first kappa shape index (κ1) is 21.4. The highest BCUT2D eigenvalue weighted by Crippen LogP contribution is 2.29. The van der Waals surface area contributed by atoms with Crippen LogP contribution in [0.1, 0.15) is 39.5 Å². The number of nitrogens with one attached hydrogen (secondary N) is 1. The van der Waals surface area contributed by atoms with Gasteiger partial charge in [-0.1, -0.05) is 18.2 Å². The van der Waals surface area contributed by atoms with Gasteiger partial charge < -0.3 is 9.84 Å². The number of hydrogen-bond acceptors (Lipinski definition) is 4. The minimum Gasteiger partial charge on any atom is -0.328 e. The molecule has 0 saturated carbocycles. The molecule has 0 fully saturated rings. The summed E-state index contributed by atoms with van der Waals surface area (Å²) in [5.41, 5.74) is 4.01. The standard InChI is InChI=1S/C20H23ClNO4P/c1-5-26-27(25)16-8-6-15(7-9-16)20(24)18-12(2)10-13(3)19(14(18)4)22-17(23)11-21/h6-10,27H,5,11H2,1-4H3,(H,22,23). The predicted molar refractivity (Wildman–Crippen MR) is 110 cm³/mol. The smallest absolute Gasteiger partial charge is 0.239 e. The summed E-state index contributed by atoms with van der Waals surface area (Å²) in [6, 6.07) is 8.47. The number of alkyl halides is 1. The van der Waals surface area contributed by atoms with Crippen LogP contribution in [0.4, 0.5) is 5.69 Å². The van der Waals surface area contributed by atoms with Gasteiger partial charge in [-0.15, -0.1) is 11.6 Å². The van der Waals surface area contributed by atoms with E-state index in [4.69, 9.17) is 16.1 Å². The molecule has 0 heterocycles. The number of amides is 1. The zero-order valence-corrected chi connectivity index (χ0v) is 17.6. The number of rotatable bonds is 7. The molecule has 2 aromatic rings. The van der Waals surface area contributed by atoms with Crippen molar-refractivity contribution in [3.63, 3.8) is 0 Å². The van der Waals surface area contributed by atoms with Gasteiger partial charge in [-0.3, -0.25) is 14.2 Å². The van der Waals surface area contributed by atoms with Gasteiger partial charge in [0, 0.05) is 22.1 Å². The van der Waals surface area contributed by atoms with Crippen LogP contribution in [0.3, 0.4) is 0 Å². The molecule has 0 bridgehead atoms. The number of benzene rings is 2. The first-order valence-electron chi connectivity index (χ1n) is 8.58. The first-order valence-corrected chi connectivity index (χ1v) is 10.4. The molecule has 0 spiro atoms. The zero-order valence-electron chi connectivity index (χ0n) is 15.8. The third kappa shape index (κ3) is 4.86. The average Bonchev–Trinajstić information content (AvgIpc) is 2.64. The Morgan fingerprint density at radius 2 is 1.74 bits per heavy atom. The van der Waals surface area contributed by atoms with Crippen LogP contribution in [0.25, 0.3) is 0 Å². The maximum Gasteiger partial charge on any atom is 0.239 e. The molecule has 0 aromatic heterocycles. The summed E-state index contributed by atoms with van der Waals surface area (Å²) in [4.78, 5) is 24.8. The second kappa shape index (κ2) is 9.32. The van der Waals surface area contributed by atoms with Crippen molar-refractivity contribution in [1.82, 2.24) is 0 Å². The van der Waals surface area contributed by atoms with E-state index in [-0.39, 0.29) is 17.6 Å². The molecular formula is C20H23ClNO4P. The molecule has 0 aliphatic rings. The fourth-order valence-electron chi connectivity index (χ4n) is 3.02. The van der Waals surface area contributed by atoms with Gasteiger partial charge >= 0.3 is 0 Å². The summed E-state index contributed by atoms with van der Waals surface area (Å²) in [6.45, 7) is 7.70. The van der Waals surface area contributed by atoms with Crippen molar-refractivity contribution in [2.24, 2.45) is 0 Å². The van der Waals surface area contributed by atoms with Gasteiger partial charge in [0.2, 0.25) is 13.9 Å². The molecule has 5 nitrogen and oxygen atoms in total. The second-order valence-electron chi connectivity index (χ2n) is 6.19. The molecule has 0 saturated heterocycles. The highest BCUT2D eigenvalue weighted by molar-refractivity contribution is 7.48. The van der Waals surface area contributed by atoms with Crippen molar-refractivity contribution in [3.8, 4) is 0 Å². The minimum atomic E-state index is -2.29. The lowest BCUT2D eigenvalue weighted by Gasteiger charge is -2.17. The van der Waals surface area contributed by atoms with E-state index in [1.165, 1.54) is 0 Å². The van der Waals surface area contributed by atoms with Gasteiger partial charge in [0.25, 0.3) is 0 Å². The number of carbonyl (C=O) groups excluding carboxylic acids is 2. The quantitative estimate of drug-likeness (QED) is 0.425. The van der Waals surface area contributed by atoms with Crippen LogP contribution in [-0.4, -0.2) is 24.2 Å². The van der Waals surface area contributed by atoms with Crippen LogP contribution in [0, 0.1) is 20.8 Å². The van der Waals surface area contributed by atoms with Crippen molar-refractivity contribution in [1.29, 1.82) is 0 Å². The summed E-state index contributed by atoms with van der Waals surface area (Å²) in [7, 11) is -2.29. The number of ketones is 1. The first-order chi connectivity index (χ1) is 12.8. The van der Waals surface area contributed by atoms with Gasteiger partial charge in [0.15, 0.2) is 5.78 Å². The number of anilines is 1. The number of carbonyl (C=O) groups is 2. The third-order valence-electron chi connectivity index (χ3n) is 4.24. The fourth-order valence-corrected chi connectivity index (χ4v) is 3.95. The van der Waals surface area contributed by atoms with Gasteiger partial charge in [-0.2, -0.15) is 0 Å². The molecule has 7 heteroatoms. The predicted octanol–water partition coefficient (Wildman–Crippen LogP) is 4.16. The summed E-state index contributed by atoms with van der Waals surface area (Å²) < 4.78 is 17.1. The van der Waals surface area contributed by atoms with Crippen molar-refractivity contribution in [2.75, 3.05) is 17.8 Å². The Hall–Kier alpha value is -1.94. The Bertz CT molecular complexity index is 894. The maximum atomic E-state index is 13.1. The Balaban J connectivity index is 2.42. The summed E-state index contributed by atoms with van der Waals surface area (Å²) in [5.74, 6) is -0.638. The molecule has 1 amide bonds. The minimum absolute atomic E-state index is 0.156. The number of hydrogen-bond donors (Lipinski definition) is 1. The maximum absolute atomic E-state index is 13.1. The van der Waals surface area contributed by atoms with Crippen molar-refractivity contribution < 1.29 is 18.7 Å². The van der Waals surface area contributed by atoms with Crippen LogP contribution in [0.5, 0.6) is 0 Å². The summed E-state index contributed by atoms with van der Waals surface area (Å²) in [5, 5.41) is 3.34. The molecule has 2 rings (SSSR count). The molecule has 1 N–H and O–H groups in total. The van der Waals surface area contributed by atoms with E-state index in [0.29, 0.717) is 34.3 Å². The van der Waals surface area contributed by atoms with E-state index in [1.54, 1.807) is 38.1 Å². The van der Waals surface area contributed by atoms with Crippen molar-refractivity contribution in [2.45, 2.75) is 27.7 Å². The van der Waals surface area contributed by atoms with E-state index >= 15 is 0 Å². The van der Waals surface area contributed by atoms with Crippen molar-refractivity contribution in [3.05, 3.63) is 58.1 Å². The topological polar surface area (TPSA) is 72.5 Å². The lowest BCUT2D eigenvalue weighted by Crippen LogP contribution is -2.17. The Morgan fingerprint density at radius 1 is 1.11 bits per heavy atom. The molecule has 1 unspecified atom stereocenters. The second-order valence-corrected chi connectivity index (χ2v) is 7.90. The third-order valence-corrected chi connectivity index (χ3v) is 5.84. The van der Waals surface area contributed by atoms with Gasteiger partial charge in [0.1, 0.15) is 5.88 Å². The summed E-state index contributed by atoms with van der Waals surface area (Å²) >= 11 is 5.59. The molecule has 0 radical (unpaired) electrons. The van der Waals surface area contributed by atoms with Crippen LogP contribution in [-0.2, 0) is 13.9 Å². The average molecular weight is 408 g/mol. The fraction of sp³-hybridized carbons (Fsp3) is 0.300. The van der Waals surface area contributed by atoms with E-state index in [1.807, 2.05) is 19.9 Å². The molecule has 2 aromatic carbocycles. The van der Waals surface area contributed by atoms with Gasteiger partial charge in [-0.25, -0.2) is 0 Å². The highest BCUT2D eigenvalue weighted by Gasteiger charge is 2.20. The van der Waals surface area contributed by atoms with E-state index in [0.717, 1.165) is 11.1 Å². The highest BCUT2D eigenvalue weighted by atomic mass is 35.5. The molecule has 0 aliphatic carbocycles. The van der Waals surface area contributed by atoms with E-state index < -0.39 is 8.03 Å². The Morgan fingerprint density at radius 3 is 2.30 bits per heavy atom. The van der Waals surface area contributed by atoms with E-state index in [9.17, 15) is 14.2 Å². The number of aryl methyl sites for hydroxylation is 2.